The third-order valence-corrected chi connectivity index (χ3v) is 4.39. The van der Waals surface area contributed by atoms with Gasteiger partial charge in [-0.3, -0.25) is 5.01 Å². The Morgan fingerprint density at radius 1 is 1.42 bits per heavy atom. The van der Waals surface area contributed by atoms with Crippen LogP contribution >= 0.6 is 11.6 Å². The minimum Gasteiger partial charge on any atom is -0.378 e. The van der Waals surface area contributed by atoms with Gasteiger partial charge < -0.3 is 10.2 Å². The number of halogens is 1. The van der Waals surface area contributed by atoms with E-state index in [-0.39, 0.29) is 0 Å². The van der Waals surface area contributed by atoms with Gasteiger partial charge in [0.1, 0.15) is 0 Å². The van der Waals surface area contributed by atoms with E-state index < -0.39 is 0 Å². The number of allylic oxidation sites excluding steroid dienone is 3. The maximum Gasteiger partial charge on any atom is 0.0903 e. The number of nitrogens with zero attached hydrogens (tertiary/aromatic N) is 3. The summed E-state index contributed by atoms with van der Waals surface area (Å²) >= 11 is 6.43. The summed E-state index contributed by atoms with van der Waals surface area (Å²) in [7, 11) is 4.08. The van der Waals surface area contributed by atoms with Crippen molar-refractivity contribution in [1.29, 1.82) is 0 Å². The lowest BCUT2D eigenvalue weighted by Crippen LogP contribution is -2.48. The molecule has 2 heterocycles. The van der Waals surface area contributed by atoms with Crippen LogP contribution in [0.5, 0.6) is 0 Å². The summed E-state index contributed by atoms with van der Waals surface area (Å²) in [6.45, 7) is 5.30. The normalized spacial score (nSPS) is 31.2. The van der Waals surface area contributed by atoms with Gasteiger partial charge in [0.2, 0.25) is 0 Å². The largest absolute Gasteiger partial charge is 0.378 e. The molecule has 1 N–H and O–H groups in total. The average molecular weight is 283 g/mol. The first kappa shape index (κ1) is 14.4. The molecule has 106 valence electrons. The van der Waals surface area contributed by atoms with E-state index in [9.17, 15) is 0 Å². The summed E-state index contributed by atoms with van der Waals surface area (Å²) < 4.78 is 0. The van der Waals surface area contributed by atoms with Crippen LogP contribution < -0.4 is 5.32 Å². The third-order valence-electron chi connectivity index (χ3n) is 4.00. The molecular weight excluding hydrogens is 260 g/mol. The predicted octanol–water partition coefficient (Wildman–Crippen LogP) is 2.34. The monoisotopic (exact) mass is 282 g/mol. The van der Waals surface area contributed by atoms with Gasteiger partial charge in [-0.2, -0.15) is 5.10 Å². The topological polar surface area (TPSA) is 30.9 Å². The fourth-order valence-corrected chi connectivity index (χ4v) is 2.91. The first-order valence-electron chi connectivity index (χ1n) is 6.84. The second-order valence-electron chi connectivity index (χ2n) is 5.38. The molecule has 1 saturated heterocycles. The van der Waals surface area contributed by atoms with Crippen LogP contribution in [0.2, 0.25) is 0 Å². The third kappa shape index (κ3) is 3.12. The molecule has 2 unspecified atom stereocenters. The Kier molecular flexibility index (Phi) is 4.53. The summed E-state index contributed by atoms with van der Waals surface area (Å²) in [6, 6.07) is 1.11. The van der Waals surface area contributed by atoms with Gasteiger partial charge in [-0.1, -0.05) is 17.7 Å². The molecule has 4 nitrogen and oxygen atoms in total. The molecule has 19 heavy (non-hydrogen) atoms. The number of nitrogens with one attached hydrogen (secondary N) is 1. The molecule has 2 atom stereocenters. The van der Waals surface area contributed by atoms with Gasteiger partial charge in [-0.15, -0.1) is 0 Å². The van der Waals surface area contributed by atoms with Gasteiger partial charge in [0.05, 0.1) is 22.6 Å². The molecule has 0 amide bonds. The van der Waals surface area contributed by atoms with Crippen LogP contribution in [0.15, 0.2) is 27.6 Å². The van der Waals surface area contributed by atoms with Crippen molar-refractivity contribution in [2.75, 3.05) is 20.6 Å². The van der Waals surface area contributed by atoms with Crippen LogP contribution in [0.3, 0.4) is 0 Å². The average Bonchev–Trinajstić information content (AvgIpc) is 2.38. The van der Waals surface area contributed by atoms with Gasteiger partial charge in [-0.05, 0) is 33.7 Å². The molecule has 0 spiro atoms. The number of hydrazone groups is 1. The lowest BCUT2D eigenvalue weighted by atomic mass is 10.00. The molecule has 2 rings (SSSR count). The zero-order chi connectivity index (χ0) is 14.0. The molecule has 5 heteroatoms. The second-order valence-corrected chi connectivity index (χ2v) is 5.75. The Morgan fingerprint density at radius 3 is 2.79 bits per heavy atom. The number of likely N-dealkylation sites (N-methyl/N-ethyl adjacent to an activating group) is 2. The van der Waals surface area contributed by atoms with Gasteiger partial charge in [-0.25, -0.2) is 0 Å². The first-order chi connectivity index (χ1) is 9.02. The van der Waals surface area contributed by atoms with E-state index in [0.717, 1.165) is 23.0 Å². The molecule has 0 bridgehead atoms. The number of hydrogen-bond acceptors (Lipinski definition) is 4. The summed E-state index contributed by atoms with van der Waals surface area (Å²) in [5.74, 6) is 0. The van der Waals surface area contributed by atoms with Gasteiger partial charge in [0.25, 0.3) is 0 Å². The molecule has 1 fully saturated rings. The summed E-state index contributed by atoms with van der Waals surface area (Å²) in [4.78, 5) is 2.39. The molecule has 0 saturated carbocycles. The molecular formula is C14H23ClN4. The van der Waals surface area contributed by atoms with Crippen molar-refractivity contribution in [2.45, 2.75) is 38.8 Å². The van der Waals surface area contributed by atoms with Crippen molar-refractivity contribution >= 4 is 17.8 Å². The highest BCUT2D eigenvalue weighted by atomic mass is 35.5. The highest BCUT2D eigenvalue weighted by Crippen LogP contribution is 2.25. The van der Waals surface area contributed by atoms with Crippen LogP contribution in [-0.2, 0) is 0 Å². The predicted molar refractivity (Wildman–Crippen MR) is 81.1 cm³/mol. The van der Waals surface area contributed by atoms with Crippen LogP contribution in [-0.4, -0.2) is 48.8 Å². The Labute approximate surface area is 120 Å². The number of hydrogen-bond donors (Lipinski definition) is 1. The molecule has 0 aliphatic carbocycles. The zero-order valence-corrected chi connectivity index (χ0v) is 12.9. The fourth-order valence-electron chi connectivity index (χ4n) is 2.58. The maximum atomic E-state index is 6.43. The number of likely N-dealkylation sites (tertiary alicyclic amines) is 1. The summed E-state index contributed by atoms with van der Waals surface area (Å²) in [5, 5.41) is 10.4. The van der Waals surface area contributed by atoms with Crippen LogP contribution in [0.25, 0.3) is 0 Å². The Morgan fingerprint density at radius 2 is 2.16 bits per heavy atom. The van der Waals surface area contributed by atoms with Gasteiger partial charge in [0, 0.05) is 25.7 Å². The van der Waals surface area contributed by atoms with Crippen LogP contribution in [0.4, 0.5) is 0 Å². The zero-order valence-electron chi connectivity index (χ0n) is 12.2. The highest BCUT2D eigenvalue weighted by molar-refractivity contribution is 6.33. The van der Waals surface area contributed by atoms with E-state index >= 15 is 0 Å². The van der Waals surface area contributed by atoms with E-state index in [1.54, 1.807) is 5.01 Å². The van der Waals surface area contributed by atoms with Crippen molar-refractivity contribution in [3.8, 4) is 0 Å². The summed E-state index contributed by atoms with van der Waals surface area (Å²) in [5.41, 5.74) is 1.88. The molecule has 0 radical (unpaired) electrons. The summed E-state index contributed by atoms with van der Waals surface area (Å²) in [6.07, 6.45) is 6.18. The van der Waals surface area contributed by atoms with E-state index in [2.05, 4.69) is 29.3 Å². The number of rotatable bonds is 2. The van der Waals surface area contributed by atoms with E-state index in [0.29, 0.717) is 12.1 Å². The second kappa shape index (κ2) is 5.97. The van der Waals surface area contributed by atoms with Crippen LogP contribution in [0, 0.1) is 0 Å². The quantitative estimate of drug-likeness (QED) is 0.843. The van der Waals surface area contributed by atoms with Crippen molar-refractivity contribution in [3.05, 3.63) is 22.5 Å². The Hall–Kier alpha value is -1.00. The Bertz CT molecular complexity index is 427. The van der Waals surface area contributed by atoms with Crippen molar-refractivity contribution < 1.29 is 0 Å². The van der Waals surface area contributed by atoms with Gasteiger partial charge >= 0.3 is 0 Å². The van der Waals surface area contributed by atoms with E-state index in [1.165, 1.54) is 12.8 Å². The fraction of sp³-hybridized carbons (Fsp3) is 0.643. The molecule has 0 aromatic rings. The minimum absolute atomic E-state index is 0.443. The molecule has 2 aliphatic rings. The highest BCUT2D eigenvalue weighted by Gasteiger charge is 2.24. The van der Waals surface area contributed by atoms with E-state index in [1.807, 2.05) is 26.3 Å². The molecule has 0 aromatic carbocycles. The smallest absolute Gasteiger partial charge is 0.0903 e. The molecule has 2 aliphatic heterocycles. The standard InChI is InChI=1S/C14H23ClN4/c1-5-13-14(15)12(8-16-19(13)4)17-11-7-6-10(2)18(3)9-11/h5,8,10-11,17H,6-7,9H2,1-4H3/b13-5-. The Balaban J connectivity index is 2.07. The van der Waals surface area contributed by atoms with Crippen molar-refractivity contribution in [1.82, 2.24) is 15.2 Å². The van der Waals surface area contributed by atoms with Crippen molar-refractivity contribution in [2.24, 2.45) is 5.10 Å². The molecule has 0 aromatic heterocycles. The van der Waals surface area contributed by atoms with Gasteiger partial charge in [0.15, 0.2) is 0 Å². The maximum absolute atomic E-state index is 6.43. The number of piperidine rings is 1. The minimum atomic E-state index is 0.443. The SMILES string of the molecule is C/C=C1/C(Cl)=C(NC2CCC(C)N(C)C2)C=NN1C. The van der Waals surface area contributed by atoms with Crippen LogP contribution in [0.1, 0.15) is 26.7 Å². The van der Waals surface area contributed by atoms with E-state index in [4.69, 9.17) is 11.6 Å². The van der Waals surface area contributed by atoms with Crippen molar-refractivity contribution in [3.63, 3.8) is 0 Å². The first-order valence-corrected chi connectivity index (χ1v) is 7.21. The lowest BCUT2D eigenvalue weighted by Gasteiger charge is -2.36. The lowest BCUT2D eigenvalue weighted by molar-refractivity contribution is 0.171.